The standard InChI is InChI=1S/C30H53N5O4/c1-6-8-13-22(20-24(36)31-21-15-16-21)32-26(37)23-14-12-19-35(23)27(38)25(29(3,4)5)33-28(39)34-30(7-2)17-10-9-11-18-30/h21-23,25H,6-20H2,1-5H3,(H,31,36)(H,32,37)(H2,33,34,39)/t22-,23-,25+/m0/s1. The summed E-state index contributed by atoms with van der Waals surface area (Å²) in [6.45, 7) is 10.5. The molecule has 3 fully saturated rings. The van der Waals surface area contributed by atoms with Crippen LogP contribution >= 0.6 is 0 Å². The molecule has 3 atom stereocenters. The van der Waals surface area contributed by atoms with Crippen LogP contribution in [0.15, 0.2) is 0 Å². The maximum absolute atomic E-state index is 13.9. The van der Waals surface area contributed by atoms with Gasteiger partial charge in [0.15, 0.2) is 0 Å². The van der Waals surface area contributed by atoms with Crippen LogP contribution < -0.4 is 21.3 Å². The highest BCUT2D eigenvalue weighted by Crippen LogP contribution is 2.31. The number of nitrogens with one attached hydrogen (secondary N) is 4. The third-order valence-corrected chi connectivity index (χ3v) is 8.72. The lowest BCUT2D eigenvalue weighted by atomic mass is 9.80. The third-order valence-electron chi connectivity index (χ3n) is 8.72. The smallest absolute Gasteiger partial charge is 0.315 e. The molecule has 0 unspecified atom stereocenters. The Bertz CT molecular complexity index is 860. The van der Waals surface area contributed by atoms with E-state index in [9.17, 15) is 19.2 Å². The van der Waals surface area contributed by atoms with E-state index in [1.807, 2.05) is 20.8 Å². The van der Waals surface area contributed by atoms with Crippen molar-refractivity contribution < 1.29 is 19.2 Å². The van der Waals surface area contributed by atoms with Crippen molar-refractivity contribution in [3.8, 4) is 0 Å². The first-order valence-corrected chi connectivity index (χ1v) is 15.5. The van der Waals surface area contributed by atoms with Crippen LogP contribution in [0.1, 0.15) is 125 Å². The fourth-order valence-corrected chi connectivity index (χ4v) is 6.03. The van der Waals surface area contributed by atoms with E-state index in [-0.39, 0.29) is 47.8 Å². The van der Waals surface area contributed by atoms with Crippen LogP contribution in [0.25, 0.3) is 0 Å². The quantitative estimate of drug-likeness (QED) is 0.293. The van der Waals surface area contributed by atoms with Crippen molar-refractivity contribution in [1.29, 1.82) is 0 Å². The molecule has 2 saturated carbocycles. The van der Waals surface area contributed by atoms with Crippen molar-refractivity contribution in [1.82, 2.24) is 26.2 Å². The zero-order valence-corrected chi connectivity index (χ0v) is 25.0. The van der Waals surface area contributed by atoms with Gasteiger partial charge in [-0.05, 0) is 56.8 Å². The highest BCUT2D eigenvalue weighted by atomic mass is 16.2. The zero-order valence-electron chi connectivity index (χ0n) is 25.0. The number of carbonyl (C=O) groups is 4. The van der Waals surface area contributed by atoms with Crippen molar-refractivity contribution in [3.63, 3.8) is 0 Å². The molecule has 3 aliphatic rings. The minimum Gasteiger partial charge on any atom is -0.353 e. The minimum absolute atomic E-state index is 0.0240. The van der Waals surface area contributed by atoms with E-state index in [2.05, 4.69) is 35.1 Å². The van der Waals surface area contributed by atoms with Crippen LogP contribution in [0.4, 0.5) is 4.79 Å². The number of urea groups is 1. The van der Waals surface area contributed by atoms with Gasteiger partial charge in [0.2, 0.25) is 17.7 Å². The molecule has 9 nitrogen and oxygen atoms in total. The van der Waals surface area contributed by atoms with Gasteiger partial charge in [0.05, 0.1) is 0 Å². The zero-order chi connectivity index (χ0) is 28.6. The summed E-state index contributed by atoms with van der Waals surface area (Å²) in [5.41, 5.74) is -0.752. The van der Waals surface area contributed by atoms with Crippen molar-refractivity contribution in [2.75, 3.05) is 6.54 Å². The highest BCUT2D eigenvalue weighted by Gasteiger charge is 2.43. The van der Waals surface area contributed by atoms with Gasteiger partial charge in [0.1, 0.15) is 12.1 Å². The summed E-state index contributed by atoms with van der Waals surface area (Å²) in [7, 11) is 0. The lowest BCUT2D eigenvalue weighted by Gasteiger charge is -2.39. The maximum Gasteiger partial charge on any atom is 0.315 e. The van der Waals surface area contributed by atoms with Crippen molar-refractivity contribution >= 4 is 23.8 Å². The van der Waals surface area contributed by atoms with Gasteiger partial charge < -0.3 is 26.2 Å². The Labute approximate surface area is 235 Å². The van der Waals surface area contributed by atoms with E-state index in [1.165, 1.54) is 6.42 Å². The van der Waals surface area contributed by atoms with Crippen LogP contribution in [-0.4, -0.2) is 64.9 Å². The highest BCUT2D eigenvalue weighted by molar-refractivity contribution is 5.93. The number of unbranched alkanes of at least 4 members (excludes halogenated alkanes) is 1. The largest absolute Gasteiger partial charge is 0.353 e. The minimum atomic E-state index is -0.761. The molecule has 9 heteroatoms. The molecule has 1 heterocycles. The molecular formula is C30H53N5O4. The van der Waals surface area contributed by atoms with Gasteiger partial charge >= 0.3 is 6.03 Å². The number of nitrogens with zero attached hydrogens (tertiary/aromatic N) is 1. The molecule has 0 spiro atoms. The Kier molecular flexibility index (Phi) is 11.1. The molecule has 0 aromatic rings. The summed E-state index contributed by atoms with van der Waals surface area (Å²) in [6.07, 6.45) is 12.4. The topological polar surface area (TPSA) is 120 Å². The monoisotopic (exact) mass is 547 g/mol. The predicted molar refractivity (Wildman–Crippen MR) is 153 cm³/mol. The Morgan fingerprint density at radius 1 is 0.949 bits per heavy atom. The fraction of sp³-hybridized carbons (Fsp3) is 0.867. The lowest BCUT2D eigenvalue weighted by molar-refractivity contribution is -0.142. The van der Waals surface area contributed by atoms with Crippen LogP contribution in [-0.2, 0) is 14.4 Å². The summed E-state index contributed by atoms with van der Waals surface area (Å²) in [5.74, 6) is -0.449. The molecular weight excluding hydrogens is 494 g/mol. The molecule has 5 amide bonds. The molecule has 3 rings (SSSR count). The molecule has 0 aromatic carbocycles. The van der Waals surface area contributed by atoms with E-state index in [1.54, 1.807) is 4.90 Å². The molecule has 39 heavy (non-hydrogen) atoms. The van der Waals surface area contributed by atoms with Gasteiger partial charge in [0, 0.05) is 30.6 Å². The van der Waals surface area contributed by atoms with Gasteiger partial charge in [-0.15, -0.1) is 0 Å². The van der Waals surface area contributed by atoms with E-state index in [0.717, 1.165) is 70.6 Å². The normalized spacial score (nSPS) is 22.5. The summed E-state index contributed by atoms with van der Waals surface area (Å²) < 4.78 is 0. The SMILES string of the molecule is CCCC[C@@H](CC(=O)NC1CC1)NC(=O)[C@@H]1CCCN1C(=O)[C@@H](NC(=O)NC1(CC)CCCCC1)C(C)(C)C. The number of carbonyl (C=O) groups excluding carboxylic acids is 4. The number of likely N-dealkylation sites (tertiary alicyclic amines) is 1. The first-order chi connectivity index (χ1) is 18.5. The van der Waals surface area contributed by atoms with Gasteiger partial charge in [-0.25, -0.2) is 4.79 Å². The first kappa shape index (κ1) is 31.2. The predicted octanol–water partition coefficient (Wildman–Crippen LogP) is 4.15. The molecule has 222 valence electrons. The Morgan fingerprint density at radius 2 is 1.64 bits per heavy atom. The molecule has 1 saturated heterocycles. The summed E-state index contributed by atoms with van der Waals surface area (Å²) in [4.78, 5) is 54.6. The van der Waals surface area contributed by atoms with Crippen LogP contribution in [0, 0.1) is 5.41 Å². The third kappa shape index (κ3) is 9.10. The second kappa shape index (κ2) is 13.8. The van der Waals surface area contributed by atoms with Crippen molar-refractivity contribution in [2.24, 2.45) is 5.41 Å². The number of rotatable bonds is 12. The molecule has 0 bridgehead atoms. The average Bonchev–Trinajstić information content (AvgIpc) is 3.55. The van der Waals surface area contributed by atoms with Crippen molar-refractivity contribution in [2.45, 2.75) is 154 Å². The number of amides is 5. The van der Waals surface area contributed by atoms with Crippen LogP contribution in [0.5, 0.6) is 0 Å². The average molecular weight is 548 g/mol. The van der Waals surface area contributed by atoms with Gasteiger partial charge in [0.25, 0.3) is 0 Å². The molecule has 2 aliphatic carbocycles. The molecule has 0 aromatic heterocycles. The van der Waals surface area contributed by atoms with E-state index in [4.69, 9.17) is 0 Å². The van der Waals surface area contributed by atoms with Gasteiger partial charge in [-0.2, -0.15) is 0 Å². The second-order valence-corrected chi connectivity index (χ2v) is 13.2. The Hall–Kier alpha value is -2.32. The second-order valence-electron chi connectivity index (χ2n) is 13.2. The Morgan fingerprint density at radius 3 is 2.23 bits per heavy atom. The fourth-order valence-electron chi connectivity index (χ4n) is 6.03. The molecule has 0 radical (unpaired) electrons. The Balaban J connectivity index is 1.65. The molecule has 4 N–H and O–H groups in total. The lowest BCUT2D eigenvalue weighted by Crippen LogP contribution is -2.61. The van der Waals surface area contributed by atoms with Crippen LogP contribution in [0.3, 0.4) is 0 Å². The van der Waals surface area contributed by atoms with Gasteiger partial charge in [-0.1, -0.05) is 66.7 Å². The van der Waals surface area contributed by atoms with Crippen LogP contribution in [0.2, 0.25) is 0 Å². The number of hydrogen-bond donors (Lipinski definition) is 4. The van der Waals surface area contributed by atoms with E-state index >= 15 is 0 Å². The summed E-state index contributed by atoms with van der Waals surface area (Å²) in [6, 6.07) is -1.63. The van der Waals surface area contributed by atoms with Gasteiger partial charge in [-0.3, -0.25) is 14.4 Å². The summed E-state index contributed by atoms with van der Waals surface area (Å²) in [5, 5.41) is 12.3. The molecule has 1 aliphatic heterocycles. The van der Waals surface area contributed by atoms with E-state index in [0.29, 0.717) is 13.0 Å². The van der Waals surface area contributed by atoms with Crippen molar-refractivity contribution in [3.05, 3.63) is 0 Å². The van der Waals surface area contributed by atoms with E-state index < -0.39 is 17.5 Å². The number of hydrogen-bond acceptors (Lipinski definition) is 4. The first-order valence-electron chi connectivity index (χ1n) is 15.5. The maximum atomic E-state index is 13.9. The summed E-state index contributed by atoms with van der Waals surface area (Å²) >= 11 is 0.